The van der Waals surface area contributed by atoms with Gasteiger partial charge in [-0.05, 0) is 43.9 Å². The van der Waals surface area contributed by atoms with Gasteiger partial charge in [-0.1, -0.05) is 33.1 Å². The molecule has 3 aliphatic rings. The number of rotatable bonds is 3. The molecule has 118 valence electrons. The second-order valence-electron chi connectivity index (χ2n) is 7.76. The molecule has 21 heavy (non-hydrogen) atoms. The molecule has 1 saturated heterocycles. The molecule has 3 rings (SSSR count). The highest BCUT2D eigenvalue weighted by atomic mass is 16.2. The van der Waals surface area contributed by atoms with Gasteiger partial charge < -0.3 is 10.2 Å². The summed E-state index contributed by atoms with van der Waals surface area (Å²) in [6, 6.07) is -0.318. The van der Waals surface area contributed by atoms with Crippen LogP contribution in [0.25, 0.3) is 0 Å². The fraction of sp³-hybridized carbons (Fsp3) is 0.882. The molecule has 0 aromatic rings. The number of nitrogens with one attached hydrogen (secondary N) is 1. The molecule has 1 atom stereocenters. The molecule has 0 aromatic heterocycles. The number of hydrogen-bond acceptors (Lipinski definition) is 2. The zero-order chi connectivity index (χ0) is 15.3. The SMILES string of the molecule is CC1C(=O)NC2(CCCCC2)C(=O)N1CC1(C(C)C)CC1. The molecule has 1 spiro atoms. The van der Waals surface area contributed by atoms with Crippen molar-refractivity contribution in [3.63, 3.8) is 0 Å². The molecule has 3 fully saturated rings. The Hall–Kier alpha value is -1.06. The van der Waals surface area contributed by atoms with E-state index in [2.05, 4.69) is 19.2 Å². The van der Waals surface area contributed by atoms with Crippen molar-refractivity contribution in [2.45, 2.75) is 77.3 Å². The maximum atomic E-state index is 13.1. The van der Waals surface area contributed by atoms with Crippen LogP contribution in [0, 0.1) is 11.3 Å². The van der Waals surface area contributed by atoms with Crippen LogP contribution in [0.5, 0.6) is 0 Å². The number of piperazine rings is 1. The van der Waals surface area contributed by atoms with Crippen LogP contribution in [0.1, 0.15) is 65.7 Å². The van der Waals surface area contributed by atoms with Crippen LogP contribution < -0.4 is 5.32 Å². The fourth-order valence-corrected chi connectivity index (χ4v) is 4.11. The second kappa shape index (κ2) is 4.99. The molecule has 1 aliphatic heterocycles. The summed E-state index contributed by atoms with van der Waals surface area (Å²) in [4.78, 5) is 27.4. The number of amides is 2. The van der Waals surface area contributed by atoms with Crippen LogP contribution in [0.2, 0.25) is 0 Å². The molecule has 1 heterocycles. The quantitative estimate of drug-likeness (QED) is 0.868. The molecular weight excluding hydrogens is 264 g/mol. The number of nitrogens with zero attached hydrogens (tertiary/aromatic N) is 1. The average Bonchev–Trinajstić information content (AvgIpc) is 3.24. The third-order valence-corrected chi connectivity index (χ3v) is 6.19. The van der Waals surface area contributed by atoms with E-state index in [9.17, 15) is 9.59 Å². The van der Waals surface area contributed by atoms with Crippen molar-refractivity contribution in [1.29, 1.82) is 0 Å². The lowest BCUT2D eigenvalue weighted by atomic mass is 9.78. The molecule has 1 N–H and O–H groups in total. The Kier molecular flexibility index (Phi) is 3.53. The van der Waals surface area contributed by atoms with Gasteiger partial charge in [0.1, 0.15) is 11.6 Å². The first kappa shape index (κ1) is 14.9. The van der Waals surface area contributed by atoms with E-state index in [0.29, 0.717) is 5.92 Å². The lowest BCUT2D eigenvalue weighted by Crippen LogP contribution is -2.70. The van der Waals surface area contributed by atoms with Crippen molar-refractivity contribution in [3.8, 4) is 0 Å². The van der Waals surface area contributed by atoms with Gasteiger partial charge in [-0.15, -0.1) is 0 Å². The molecule has 2 amide bonds. The van der Waals surface area contributed by atoms with Crippen LogP contribution in [0.3, 0.4) is 0 Å². The third-order valence-electron chi connectivity index (χ3n) is 6.19. The fourth-order valence-electron chi connectivity index (χ4n) is 4.11. The predicted octanol–water partition coefficient (Wildman–Crippen LogP) is 2.47. The van der Waals surface area contributed by atoms with Crippen molar-refractivity contribution in [2.24, 2.45) is 11.3 Å². The number of carbonyl (C=O) groups is 2. The average molecular weight is 292 g/mol. The van der Waals surface area contributed by atoms with E-state index in [0.717, 1.165) is 32.2 Å². The van der Waals surface area contributed by atoms with Gasteiger partial charge in [-0.2, -0.15) is 0 Å². The largest absolute Gasteiger partial charge is 0.340 e. The van der Waals surface area contributed by atoms with Crippen LogP contribution in [0.15, 0.2) is 0 Å². The van der Waals surface area contributed by atoms with Crippen LogP contribution in [-0.2, 0) is 9.59 Å². The van der Waals surface area contributed by atoms with E-state index in [1.165, 1.54) is 19.3 Å². The molecule has 0 aromatic carbocycles. The Morgan fingerprint density at radius 1 is 1.14 bits per heavy atom. The number of carbonyl (C=O) groups excluding carboxylic acids is 2. The highest BCUT2D eigenvalue weighted by Crippen LogP contribution is 2.53. The molecule has 2 saturated carbocycles. The topological polar surface area (TPSA) is 49.4 Å². The van der Waals surface area contributed by atoms with Crippen molar-refractivity contribution in [3.05, 3.63) is 0 Å². The van der Waals surface area contributed by atoms with Crippen molar-refractivity contribution in [2.75, 3.05) is 6.54 Å². The van der Waals surface area contributed by atoms with E-state index in [1.807, 2.05) is 11.8 Å². The van der Waals surface area contributed by atoms with E-state index in [1.54, 1.807) is 0 Å². The van der Waals surface area contributed by atoms with Gasteiger partial charge >= 0.3 is 0 Å². The van der Waals surface area contributed by atoms with Gasteiger partial charge in [-0.3, -0.25) is 9.59 Å². The minimum absolute atomic E-state index is 0.0380. The Bertz CT molecular complexity index is 448. The van der Waals surface area contributed by atoms with Crippen LogP contribution >= 0.6 is 0 Å². The maximum absolute atomic E-state index is 13.1. The monoisotopic (exact) mass is 292 g/mol. The zero-order valence-electron chi connectivity index (χ0n) is 13.6. The molecular formula is C17H28N2O2. The first-order valence-corrected chi connectivity index (χ1v) is 8.53. The third kappa shape index (κ3) is 2.36. The van der Waals surface area contributed by atoms with Crippen LogP contribution in [0.4, 0.5) is 0 Å². The van der Waals surface area contributed by atoms with Gasteiger partial charge in [0.25, 0.3) is 0 Å². The smallest absolute Gasteiger partial charge is 0.249 e. The molecule has 4 nitrogen and oxygen atoms in total. The molecule has 4 heteroatoms. The summed E-state index contributed by atoms with van der Waals surface area (Å²) in [5, 5.41) is 3.07. The summed E-state index contributed by atoms with van der Waals surface area (Å²) < 4.78 is 0. The molecule has 1 unspecified atom stereocenters. The summed E-state index contributed by atoms with van der Waals surface area (Å²) in [5.74, 6) is 0.794. The molecule has 0 bridgehead atoms. The van der Waals surface area contributed by atoms with Gasteiger partial charge in [0.05, 0.1) is 0 Å². The van der Waals surface area contributed by atoms with E-state index >= 15 is 0 Å². The van der Waals surface area contributed by atoms with E-state index in [-0.39, 0.29) is 23.3 Å². The Morgan fingerprint density at radius 2 is 1.76 bits per heavy atom. The first-order chi connectivity index (χ1) is 9.90. The van der Waals surface area contributed by atoms with Gasteiger partial charge in [0.2, 0.25) is 11.8 Å². The normalized spacial score (nSPS) is 30.7. The Labute approximate surface area is 127 Å². The first-order valence-electron chi connectivity index (χ1n) is 8.53. The standard InChI is InChI=1S/C17H28N2O2/c1-12(2)16(9-10-16)11-19-13(3)14(20)18-17(15(19)21)7-5-4-6-8-17/h12-13H,4-11H2,1-3H3,(H,18,20). The maximum Gasteiger partial charge on any atom is 0.249 e. The minimum Gasteiger partial charge on any atom is -0.340 e. The van der Waals surface area contributed by atoms with Crippen molar-refractivity contribution in [1.82, 2.24) is 10.2 Å². The second-order valence-corrected chi connectivity index (χ2v) is 7.76. The highest BCUT2D eigenvalue weighted by Gasteiger charge is 2.54. The zero-order valence-corrected chi connectivity index (χ0v) is 13.6. The summed E-state index contributed by atoms with van der Waals surface area (Å²) in [7, 11) is 0. The summed E-state index contributed by atoms with van der Waals surface area (Å²) >= 11 is 0. The van der Waals surface area contributed by atoms with Crippen molar-refractivity contribution < 1.29 is 9.59 Å². The Morgan fingerprint density at radius 3 is 2.29 bits per heavy atom. The number of hydrogen-bond donors (Lipinski definition) is 1. The Balaban J connectivity index is 1.83. The molecule has 0 radical (unpaired) electrons. The lowest BCUT2D eigenvalue weighted by molar-refractivity contribution is -0.157. The summed E-state index contributed by atoms with van der Waals surface area (Å²) in [6.45, 7) is 7.12. The van der Waals surface area contributed by atoms with Gasteiger partial charge in [-0.25, -0.2) is 0 Å². The van der Waals surface area contributed by atoms with Gasteiger partial charge in [0, 0.05) is 6.54 Å². The summed E-state index contributed by atoms with van der Waals surface area (Å²) in [5.41, 5.74) is -0.327. The van der Waals surface area contributed by atoms with Crippen LogP contribution in [-0.4, -0.2) is 34.8 Å². The van der Waals surface area contributed by atoms with Gasteiger partial charge in [0.15, 0.2) is 0 Å². The lowest BCUT2D eigenvalue weighted by Gasteiger charge is -2.48. The van der Waals surface area contributed by atoms with E-state index in [4.69, 9.17) is 0 Å². The van der Waals surface area contributed by atoms with Crippen molar-refractivity contribution >= 4 is 11.8 Å². The predicted molar refractivity (Wildman–Crippen MR) is 81.6 cm³/mol. The minimum atomic E-state index is -0.588. The summed E-state index contributed by atoms with van der Waals surface area (Å²) in [6.07, 6.45) is 7.28. The molecule has 2 aliphatic carbocycles. The highest BCUT2D eigenvalue weighted by molar-refractivity contribution is 5.99. The van der Waals surface area contributed by atoms with E-state index < -0.39 is 5.54 Å².